The molecule has 2 amide bonds. The van der Waals surface area contributed by atoms with Gasteiger partial charge in [-0.2, -0.15) is 11.8 Å². The van der Waals surface area contributed by atoms with Gasteiger partial charge in [0.2, 0.25) is 0 Å². The first-order valence-electron chi connectivity index (χ1n) is 7.71. The van der Waals surface area contributed by atoms with Crippen LogP contribution in [-0.2, 0) is 11.3 Å². The van der Waals surface area contributed by atoms with Crippen LogP contribution in [0.25, 0.3) is 0 Å². The SMILES string of the molecule is O=C(NCc1ccc(N2CCOCC2)nc1)N1CCSCC1. The average Bonchev–Trinajstić information content (AvgIpc) is 2.61. The first kappa shape index (κ1) is 15.4. The van der Waals surface area contributed by atoms with E-state index in [0.717, 1.165) is 62.3 Å². The van der Waals surface area contributed by atoms with Gasteiger partial charge in [-0.15, -0.1) is 0 Å². The molecule has 2 aliphatic rings. The number of nitrogens with one attached hydrogen (secondary N) is 1. The van der Waals surface area contributed by atoms with E-state index in [4.69, 9.17) is 4.74 Å². The zero-order chi connectivity index (χ0) is 15.2. The molecule has 3 heterocycles. The van der Waals surface area contributed by atoms with E-state index in [9.17, 15) is 4.79 Å². The van der Waals surface area contributed by atoms with Gasteiger partial charge in [-0.25, -0.2) is 9.78 Å². The van der Waals surface area contributed by atoms with Gasteiger partial charge in [0.05, 0.1) is 13.2 Å². The largest absolute Gasteiger partial charge is 0.378 e. The minimum absolute atomic E-state index is 0.0255. The van der Waals surface area contributed by atoms with Gasteiger partial charge >= 0.3 is 6.03 Å². The fraction of sp³-hybridized carbons (Fsp3) is 0.600. The van der Waals surface area contributed by atoms with E-state index in [2.05, 4.69) is 15.2 Å². The summed E-state index contributed by atoms with van der Waals surface area (Å²) in [5, 5.41) is 2.97. The van der Waals surface area contributed by atoms with Crippen molar-refractivity contribution < 1.29 is 9.53 Å². The second-order valence-electron chi connectivity index (χ2n) is 5.38. The van der Waals surface area contributed by atoms with Crippen LogP contribution in [0.3, 0.4) is 0 Å². The van der Waals surface area contributed by atoms with Gasteiger partial charge in [0.25, 0.3) is 0 Å². The molecule has 0 atom stereocenters. The number of hydrogen-bond donors (Lipinski definition) is 1. The maximum absolute atomic E-state index is 12.0. The Kier molecular flexibility index (Phi) is 5.39. The molecule has 3 rings (SSSR count). The van der Waals surface area contributed by atoms with E-state index in [1.165, 1.54) is 0 Å². The Bertz CT molecular complexity index is 485. The highest BCUT2D eigenvalue weighted by molar-refractivity contribution is 7.99. The Hall–Kier alpha value is -1.47. The smallest absolute Gasteiger partial charge is 0.317 e. The van der Waals surface area contributed by atoms with Gasteiger partial charge in [0.15, 0.2) is 0 Å². The summed E-state index contributed by atoms with van der Waals surface area (Å²) in [6.45, 7) is 5.49. The summed E-state index contributed by atoms with van der Waals surface area (Å²) in [7, 11) is 0. The zero-order valence-electron chi connectivity index (χ0n) is 12.7. The summed E-state index contributed by atoms with van der Waals surface area (Å²) in [5.74, 6) is 3.04. The van der Waals surface area contributed by atoms with Gasteiger partial charge in [0.1, 0.15) is 5.82 Å². The summed E-state index contributed by atoms with van der Waals surface area (Å²) >= 11 is 1.90. The van der Waals surface area contributed by atoms with Crippen LogP contribution in [0.2, 0.25) is 0 Å². The van der Waals surface area contributed by atoms with Crippen molar-refractivity contribution in [3.63, 3.8) is 0 Å². The van der Waals surface area contributed by atoms with E-state index < -0.39 is 0 Å². The zero-order valence-corrected chi connectivity index (χ0v) is 13.5. The number of hydrogen-bond acceptors (Lipinski definition) is 5. The fourth-order valence-corrected chi connectivity index (χ4v) is 3.46. The summed E-state index contributed by atoms with van der Waals surface area (Å²) < 4.78 is 5.34. The number of aromatic nitrogens is 1. The number of morpholine rings is 1. The van der Waals surface area contributed by atoms with Gasteiger partial charge in [-0.05, 0) is 11.6 Å². The molecule has 7 heteroatoms. The first-order valence-corrected chi connectivity index (χ1v) is 8.86. The van der Waals surface area contributed by atoms with Crippen molar-refractivity contribution in [1.29, 1.82) is 0 Å². The summed E-state index contributed by atoms with van der Waals surface area (Å²) in [5.41, 5.74) is 1.02. The third-order valence-electron chi connectivity index (χ3n) is 3.89. The van der Waals surface area contributed by atoms with Crippen LogP contribution in [-0.4, -0.2) is 66.8 Å². The van der Waals surface area contributed by atoms with Crippen molar-refractivity contribution in [3.05, 3.63) is 23.9 Å². The van der Waals surface area contributed by atoms with Gasteiger partial charge in [0, 0.05) is 50.4 Å². The molecule has 2 aliphatic heterocycles. The number of anilines is 1. The lowest BCUT2D eigenvalue weighted by molar-refractivity contribution is 0.122. The molecule has 2 fully saturated rings. The molecule has 0 saturated carbocycles. The molecule has 1 aromatic heterocycles. The Morgan fingerprint density at radius 1 is 1.23 bits per heavy atom. The Morgan fingerprint density at radius 2 is 2.00 bits per heavy atom. The van der Waals surface area contributed by atoms with Crippen molar-refractivity contribution in [1.82, 2.24) is 15.2 Å². The number of carbonyl (C=O) groups is 1. The van der Waals surface area contributed by atoms with Crippen molar-refractivity contribution in [2.24, 2.45) is 0 Å². The lowest BCUT2D eigenvalue weighted by Crippen LogP contribution is -2.44. The van der Waals surface area contributed by atoms with Crippen LogP contribution in [0.15, 0.2) is 18.3 Å². The molecule has 0 aromatic carbocycles. The molecular formula is C15H22N4O2S. The van der Waals surface area contributed by atoms with E-state index in [0.29, 0.717) is 6.54 Å². The quantitative estimate of drug-likeness (QED) is 0.905. The molecular weight excluding hydrogens is 300 g/mol. The lowest BCUT2D eigenvalue weighted by Gasteiger charge is -2.28. The topological polar surface area (TPSA) is 57.7 Å². The van der Waals surface area contributed by atoms with Crippen molar-refractivity contribution in [3.8, 4) is 0 Å². The molecule has 1 N–H and O–H groups in total. The van der Waals surface area contributed by atoms with Crippen LogP contribution in [0.4, 0.5) is 10.6 Å². The Morgan fingerprint density at radius 3 is 2.68 bits per heavy atom. The minimum Gasteiger partial charge on any atom is -0.378 e. The van der Waals surface area contributed by atoms with Crippen LogP contribution in [0.1, 0.15) is 5.56 Å². The van der Waals surface area contributed by atoms with E-state index >= 15 is 0 Å². The third kappa shape index (κ3) is 4.04. The maximum atomic E-state index is 12.0. The number of amides is 2. The molecule has 0 radical (unpaired) electrons. The van der Waals surface area contributed by atoms with Crippen molar-refractivity contribution in [2.45, 2.75) is 6.54 Å². The molecule has 1 aromatic rings. The Labute approximate surface area is 135 Å². The molecule has 22 heavy (non-hydrogen) atoms. The second-order valence-corrected chi connectivity index (χ2v) is 6.61. The standard InChI is InChI=1S/C15H22N4O2S/c20-15(19-5-9-22-10-6-19)17-12-13-1-2-14(16-11-13)18-3-7-21-8-4-18/h1-2,11H,3-10,12H2,(H,17,20). The normalized spacial score (nSPS) is 19.1. The number of thioether (sulfide) groups is 1. The van der Waals surface area contributed by atoms with Gasteiger partial charge in [-0.3, -0.25) is 0 Å². The summed E-state index contributed by atoms with van der Waals surface area (Å²) in [6, 6.07) is 4.08. The van der Waals surface area contributed by atoms with E-state index in [1.54, 1.807) is 0 Å². The highest BCUT2D eigenvalue weighted by Crippen LogP contribution is 2.13. The molecule has 120 valence electrons. The minimum atomic E-state index is 0.0255. The lowest BCUT2D eigenvalue weighted by atomic mass is 10.2. The second kappa shape index (κ2) is 7.69. The summed E-state index contributed by atoms with van der Waals surface area (Å²) in [6.07, 6.45) is 1.84. The number of carbonyl (C=O) groups excluding carboxylic acids is 1. The predicted molar refractivity (Wildman–Crippen MR) is 88.4 cm³/mol. The number of pyridine rings is 1. The highest BCUT2D eigenvalue weighted by atomic mass is 32.2. The van der Waals surface area contributed by atoms with Crippen molar-refractivity contribution in [2.75, 3.05) is 55.8 Å². The molecule has 0 bridgehead atoms. The molecule has 6 nitrogen and oxygen atoms in total. The third-order valence-corrected chi connectivity index (χ3v) is 4.83. The number of nitrogens with zero attached hydrogens (tertiary/aromatic N) is 3. The molecule has 0 aliphatic carbocycles. The predicted octanol–water partition coefficient (Wildman–Crippen LogP) is 1.18. The van der Waals surface area contributed by atoms with Crippen LogP contribution in [0.5, 0.6) is 0 Å². The van der Waals surface area contributed by atoms with E-state index in [1.807, 2.05) is 35.0 Å². The molecule has 0 unspecified atom stereocenters. The van der Waals surface area contributed by atoms with Gasteiger partial charge < -0.3 is 19.9 Å². The Balaban J connectivity index is 1.49. The fourth-order valence-electron chi connectivity index (χ4n) is 2.56. The van der Waals surface area contributed by atoms with Crippen molar-refractivity contribution >= 4 is 23.6 Å². The van der Waals surface area contributed by atoms with Crippen LogP contribution in [0, 0.1) is 0 Å². The number of ether oxygens (including phenoxy) is 1. The van der Waals surface area contributed by atoms with Gasteiger partial charge in [-0.1, -0.05) is 6.07 Å². The van der Waals surface area contributed by atoms with Crippen LogP contribution < -0.4 is 10.2 Å². The first-order chi connectivity index (χ1) is 10.8. The number of rotatable bonds is 3. The average molecular weight is 322 g/mol. The molecule has 0 spiro atoms. The maximum Gasteiger partial charge on any atom is 0.317 e. The van der Waals surface area contributed by atoms with E-state index in [-0.39, 0.29) is 6.03 Å². The molecule has 2 saturated heterocycles. The summed E-state index contributed by atoms with van der Waals surface area (Å²) in [4.78, 5) is 20.6. The monoisotopic (exact) mass is 322 g/mol. The highest BCUT2D eigenvalue weighted by Gasteiger charge is 2.16. The van der Waals surface area contributed by atoms with Crippen LogP contribution >= 0.6 is 11.8 Å². The number of urea groups is 1.